The van der Waals surface area contributed by atoms with Crippen LogP contribution in [0.25, 0.3) is 43.6 Å². The molecule has 0 aliphatic heterocycles. The molecular weight excluding hydrogens is 448 g/mol. The molecule has 6 rings (SSSR count). The van der Waals surface area contributed by atoms with Crippen molar-refractivity contribution in [3.8, 4) is 0 Å². The van der Waals surface area contributed by atoms with Gasteiger partial charge in [-0.1, -0.05) is 52.0 Å². The lowest BCUT2D eigenvalue weighted by Gasteiger charge is -2.11. The first-order chi connectivity index (χ1) is 18.1. The van der Waals surface area contributed by atoms with Crippen LogP contribution in [0.1, 0.15) is 56.4 Å². The third kappa shape index (κ3) is 4.03. The monoisotopic (exact) mass is 486 g/mol. The van der Waals surface area contributed by atoms with Crippen molar-refractivity contribution >= 4 is 43.6 Å². The second-order valence-electron chi connectivity index (χ2n) is 10.5. The van der Waals surface area contributed by atoms with Gasteiger partial charge in [-0.3, -0.25) is 0 Å². The number of rotatable bonds is 8. The molecule has 0 radical (unpaired) electrons. The van der Waals surface area contributed by atoms with Crippen LogP contribution < -0.4 is 0 Å². The van der Waals surface area contributed by atoms with E-state index in [2.05, 4.69) is 110 Å². The molecule has 188 valence electrons. The molecule has 2 heterocycles. The Balaban J connectivity index is 1.40. The lowest BCUT2D eigenvalue weighted by atomic mass is 10.1. The Bertz CT molecular complexity index is 1490. The smallest absolute Gasteiger partial charge is 0.0491 e. The van der Waals surface area contributed by atoms with Crippen LogP contribution in [0.15, 0.2) is 72.8 Å². The molecule has 2 nitrogen and oxygen atoms in total. The van der Waals surface area contributed by atoms with Crippen LogP contribution in [0.2, 0.25) is 0 Å². The predicted octanol–water partition coefficient (Wildman–Crippen LogP) is 9.24. The van der Waals surface area contributed by atoms with E-state index in [1.807, 2.05) is 0 Å². The minimum absolute atomic E-state index is 1.01. The van der Waals surface area contributed by atoms with Crippen molar-refractivity contribution in [2.45, 2.75) is 72.9 Å². The van der Waals surface area contributed by atoms with Crippen LogP contribution >= 0.6 is 0 Å². The summed E-state index contributed by atoms with van der Waals surface area (Å²) in [5.74, 6) is 0. The van der Waals surface area contributed by atoms with Crippen LogP contribution in [-0.4, -0.2) is 9.13 Å². The zero-order chi connectivity index (χ0) is 25.5. The van der Waals surface area contributed by atoms with Crippen molar-refractivity contribution in [2.75, 3.05) is 0 Å². The summed E-state index contributed by atoms with van der Waals surface area (Å²) in [5.41, 5.74) is 11.1. The lowest BCUT2D eigenvalue weighted by molar-refractivity contribution is 0.603. The number of nitrogens with zero attached hydrogens (tertiary/aromatic N) is 2. The van der Waals surface area contributed by atoms with Gasteiger partial charge in [0.2, 0.25) is 0 Å². The van der Waals surface area contributed by atoms with Crippen molar-refractivity contribution in [3.05, 3.63) is 95.1 Å². The van der Waals surface area contributed by atoms with E-state index in [1.165, 1.54) is 65.9 Å². The minimum Gasteiger partial charge on any atom is -0.340 e. The molecule has 0 aliphatic rings. The van der Waals surface area contributed by atoms with Gasteiger partial charge in [0.05, 0.1) is 0 Å². The average molecular weight is 487 g/mol. The molecule has 37 heavy (non-hydrogen) atoms. The van der Waals surface area contributed by atoms with Gasteiger partial charge in [-0.25, -0.2) is 0 Å². The Morgan fingerprint density at radius 2 is 0.676 bits per heavy atom. The zero-order valence-electron chi connectivity index (χ0n) is 22.8. The van der Waals surface area contributed by atoms with E-state index in [4.69, 9.17) is 0 Å². The second kappa shape index (κ2) is 9.74. The molecule has 2 aromatic heterocycles. The molecule has 2 heteroatoms. The van der Waals surface area contributed by atoms with Crippen molar-refractivity contribution < 1.29 is 0 Å². The first-order valence-electron chi connectivity index (χ1n) is 14.2. The number of hydrogen-bond acceptors (Lipinski definition) is 0. The van der Waals surface area contributed by atoms with Gasteiger partial charge in [0.1, 0.15) is 0 Å². The third-order valence-electron chi connectivity index (χ3n) is 8.38. The summed E-state index contributed by atoms with van der Waals surface area (Å²) in [6.45, 7) is 11.0. The first kappa shape index (κ1) is 23.9. The Kier molecular flexibility index (Phi) is 6.28. The lowest BCUT2D eigenvalue weighted by Crippen LogP contribution is -2.04. The molecule has 0 amide bonds. The zero-order valence-corrected chi connectivity index (χ0v) is 22.8. The Labute approximate surface area is 220 Å². The van der Waals surface area contributed by atoms with Crippen molar-refractivity contribution in [3.63, 3.8) is 0 Å². The molecule has 0 saturated heterocycles. The fraction of sp³-hybridized carbons (Fsp3) is 0.314. The molecule has 0 aliphatic carbocycles. The predicted molar refractivity (Wildman–Crippen MR) is 161 cm³/mol. The van der Waals surface area contributed by atoms with Gasteiger partial charge in [-0.2, -0.15) is 0 Å². The molecule has 0 atom stereocenters. The number of aryl methyl sites for hydroxylation is 6. The van der Waals surface area contributed by atoms with E-state index in [1.54, 1.807) is 0 Å². The Hall–Kier alpha value is -3.52. The van der Waals surface area contributed by atoms with E-state index in [9.17, 15) is 0 Å². The fourth-order valence-electron chi connectivity index (χ4n) is 6.15. The van der Waals surface area contributed by atoms with Gasteiger partial charge in [0.15, 0.2) is 0 Å². The summed E-state index contributed by atoms with van der Waals surface area (Å²) in [4.78, 5) is 0. The molecule has 4 aromatic carbocycles. The first-order valence-corrected chi connectivity index (χ1v) is 14.2. The van der Waals surface area contributed by atoms with E-state index in [0.29, 0.717) is 0 Å². The highest BCUT2D eigenvalue weighted by molar-refractivity contribution is 6.09. The molecule has 6 aromatic rings. The highest BCUT2D eigenvalue weighted by Gasteiger charge is 2.14. The maximum Gasteiger partial charge on any atom is 0.0491 e. The molecule has 0 bridgehead atoms. The maximum absolute atomic E-state index is 2.56. The number of benzene rings is 4. The summed E-state index contributed by atoms with van der Waals surface area (Å²) in [5, 5.41) is 5.61. The van der Waals surface area contributed by atoms with Crippen LogP contribution in [0.5, 0.6) is 0 Å². The van der Waals surface area contributed by atoms with E-state index in [0.717, 1.165) is 45.2 Å². The van der Waals surface area contributed by atoms with E-state index < -0.39 is 0 Å². The fourth-order valence-corrected chi connectivity index (χ4v) is 6.15. The summed E-state index contributed by atoms with van der Waals surface area (Å²) in [6.07, 6.45) is 5.38. The minimum atomic E-state index is 1.01. The third-order valence-corrected chi connectivity index (χ3v) is 8.38. The van der Waals surface area contributed by atoms with Gasteiger partial charge in [0, 0.05) is 56.7 Å². The molecule has 0 spiro atoms. The normalized spacial score (nSPS) is 12.0. The Morgan fingerprint density at radius 3 is 0.919 bits per heavy atom. The topological polar surface area (TPSA) is 9.86 Å². The molecule has 0 saturated carbocycles. The standard InChI is InChI=1S/C35H38N2/c1-5-24-10-14-32-28(20-24)29-21-25(6-2)11-15-33(29)36(32)18-9-19-37-34-16-12-26(7-3)22-30(34)31-23-27(8-4)13-17-35(31)37/h10-17,20-23H,5-9,18-19H2,1-4H3. The van der Waals surface area contributed by atoms with Gasteiger partial charge in [-0.15, -0.1) is 0 Å². The van der Waals surface area contributed by atoms with Crippen molar-refractivity contribution in [2.24, 2.45) is 0 Å². The highest BCUT2D eigenvalue weighted by atomic mass is 15.0. The summed E-state index contributed by atoms with van der Waals surface area (Å²) < 4.78 is 5.11. The molecular formula is C35H38N2. The van der Waals surface area contributed by atoms with Crippen LogP contribution in [0.4, 0.5) is 0 Å². The average Bonchev–Trinajstić information content (AvgIpc) is 3.43. The summed E-state index contributed by atoms with van der Waals surface area (Å²) >= 11 is 0. The van der Waals surface area contributed by atoms with Gasteiger partial charge >= 0.3 is 0 Å². The van der Waals surface area contributed by atoms with Gasteiger partial charge in [0.25, 0.3) is 0 Å². The van der Waals surface area contributed by atoms with E-state index in [-0.39, 0.29) is 0 Å². The quantitative estimate of drug-likeness (QED) is 0.203. The number of fused-ring (bicyclic) bond motifs is 6. The SMILES string of the molecule is CCc1ccc2c(c1)c1cc(CC)ccc1n2CCCn1c2ccc(CC)cc2c2cc(CC)ccc21. The maximum atomic E-state index is 2.56. The molecule has 0 N–H and O–H groups in total. The van der Waals surface area contributed by atoms with Crippen molar-refractivity contribution in [1.82, 2.24) is 9.13 Å². The largest absolute Gasteiger partial charge is 0.340 e. The van der Waals surface area contributed by atoms with Gasteiger partial charge in [-0.05, 0) is 103 Å². The number of aromatic nitrogens is 2. The molecule has 0 unspecified atom stereocenters. The second-order valence-corrected chi connectivity index (χ2v) is 10.5. The van der Waals surface area contributed by atoms with Crippen molar-refractivity contribution in [1.29, 1.82) is 0 Å². The highest BCUT2D eigenvalue weighted by Crippen LogP contribution is 2.33. The summed E-state index contributed by atoms with van der Waals surface area (Å²) in [6, 6.07) is 28.3. The Morgan fingerprint density at radius 1 is 0.405 bits per heavy atom. The van der Waals surface area contributed by atoms with Crippen LogP contribution in [0, 0.1) is 0 Å². The van der Waals surface area contributed by atoms with E-state index >= 15 is 0 Å². The van der Waals surface area contributed by atoms with Crippen LogP contribution in [-0.2, 0) is 38.8 Å². The summed E-state index contributed by atoms with van der Waals surface area (Å²) in [7, 11) is 0. The van der Waals surface area contributed by atoms with Crippen LogP contribution in [0.3, 0.4) is 0 Å². The molecule has 0 fully saturated rings. The number of hydrogen-bond donors (Lipinski definition) is 0. The van der Waals surface area contributed by atoms with Gasteiger partial charge < -0.3 is 9.13 Å².